The second-order valence-corrected chi connectivity index (χ2v) is 1.87. The van der Waals surface area contributed by atoms with E-state index in [-0.39, 0.29) is 6.29 Å². The molecule has 5 nitrogen and oxygen atoms in total. The summed E-state index contributed by atoms with van der Waals surface area (Å²) >= 11 is 0. The molecule has 4 N–H and O–H groups in total. The van der Waals surface area contributed by atoms with Gasteiger partial charge in [0, 0.05) is 0 Å². The molecule has 0 radical (unpaired) electrons. The zero-order valence-corrected chi connectivity index (χ0v) is 5.21. The van der Waals surface area contributed by atoms with E-state index < -0.39 is 24.9 Å². The van der Waals surface area contributed by atoms with Crippen LogP contribution in [0.15, 0.2) is 0 Å². The Labute approximate surface area is 57.5 Å². The number of aliphatic hydroxyl groups excluding tert-OH is 4. The van der Waals surface area contributed by atoms with Gasteiger partial charge in [-0.3, -0.25) is 0 Å². The Morgan fingerprint density at radius 3 is 2.10 bits per heavy atom. The highest BCUT2D eigenvalue weighted by molar-refractivity contribution is 5.56. The Bertz CT molecular complexity index is 104. The van der Waals surface area contributed by atoms with Crippen LogP contribution in [0, 0.1) is 0 Å². The van der Waals surface area contributed by atoms with Crippen LogP contribution in [0.4, 0.5) is 0 Å². The van der Waals surface area contributed by atoms with Crippen LogP contribution in [0.25, 0.3) is 0 Å². The van der Waals surface area contributed by atoms with Crippen LogP contribution in [0.1, 0.15) is 0 Å². The van der Waals surface area contributed by atoms with Crippen LogP contribution in [0.2, 0.25) is 0 Å². The molecule has 0 saturated heterocycles. The predicted octanol–water partition coefficient (Wildman–Crippen LogP) is -2.74. The summed E-state index contributed by atoms with van der Waals surface area (Å²) in [6, 6.07) is 0. The van der Waals surface area contributed by atoms with Gasteiger partial charge in [-0.2, -0.15) is 0 Å². The SMILES string of the molecule is O=C[13C@H](O)[C@H](O)[C@H](O)CO. The standard InChI is InChI=1S/C5H10O5/c6-1-3(8)5(10)4(9)2-7/h1,3-5,7-10H,2H2/t3-,4+,5-/m0/s1/i3+1. The maximum absolute atomic E-state index is 9.76. The summed E-state index contributed by atoms with van der Waals surface area (Å²) in [6.07, 6.45) is -4.63. The number of aliphatic hydroxyl groups is 4. The van der Waals surface area contributed by atoms with Crippen molar-refractivity contribution < 1.29 is 25.2 Å². The Morgan fingerprint density at radius 2 is 1.80 bits per heavy atom. The minimum atomic E-state index is -1.64. The largest absolute Gasteiger partial charge is 0.394 e. The molecule has 0 aliphatic rings. The number of hydrogen-bond donors (Lipinski definition) is 4. The van der Waals surface area contributed by atoms with Gasteiger partial charge in [0.15, 0.2) is 6.29 Å². The van der Waals surface area contributed by atoms with Gasteiger partial charge in [-0.1, -0.05) is 0 Å². The molecule has 0 spiro atoms. The summed E-state index contributed by atoms with van der Waals surface area (Å²) in [5.74, 6) is 0. The molecule has 0 saturated carbocycles. The van der Waals surface area contributed by atoms with Crippen molar-refractivity contribution in [3.63, 3.8) is 0 Å². The molecule has 0 aromatic rings. The molecule has 3 atom stereocenters. The van der Waals surface area contributed by atoms with E-state index in [2.05, 4.69) is 0 Å². The minimum Gasteiger partial charge on any atom is -0.394 e. The Balaban J connectivity index is 3.80. The summed E-state index contributed by atoms with van der Waals surface area (Å²) in [5.41, 5.74) is 0. The first-order valence-electron chi connectivity index (χ1n) is 2.73. The summed E-state index contributed by atoms with van der Waals surface area (Å²) < 4.78 is 0. The molecule has 0 bridgehead atoms. The van der Waals surface area contributed by atoms with E-state index in [0.717, 1.165) is 0 Å². The van der Waals surface area contributed by atoms with Crippen molar-refractivity contribution in [2.75, 3.05) is 6.61 Å². The Morgan fingerprint density at radius 1 is 1.30 bits per heavy atom. The molecule has 0 rings (SSSR count). The van der Waals surface area contributed by atoms with Gasteiger partial charge in [0.25, 0.3) is 0 Å². The van der Waals surface area contributed by atoms with Crippen molar-refractivity contribution in [2.45, 2.75) is 18.3 Å². The van der Waals surface area contributed by atoms with Gasteiger partial charge in [0.1, 0.15) is 18.3 Å². The highest BCUT2D eigenvalue weighted by Gasteiger charge is 2.22. The lowest BCUT2D eigenvalue weighted by Crippen LogP contribution is -2.40. The first kappa shape index (κ1) is 9.51. The summed E-state index contributed by atoms with van der Waals surface area (Å²) in [5, 5.41) is 34.1. The van der Waals surface area contributed by atoms with Gasteiger partial charge in [-0.15, -0.1) is 0 Å². The molecule has 10 heavy (non-hydrogen) atoms. The summed E-state index contributed by atoms with van der Waals surface area (Å²) in [7, 11) is 0. The number of carbonyl (C=O) groups is 1. The Kier molecular flexibility index (Phi) is 4.13. The second kappa shape index (κ2) is 4.35. The third kappa shape index (κ3) is 2.40. The molecule has 0 aromatic carbocycles. The van der Waals surface area contributed by atoms with Crippen molar-refractivity contribution in [3.8, 4) is 0 Å². The molecule has 5 heteroatoms. The molecule has 0 fully saturated rings. The minimum absolute atomic E-state index is 0.0869. The van der Waals surface area contributed by atoms with E-state index in [4.69, 9.17) is 20.4 Å². The maximum atomic E-state index is 9.76. The molecular formula is C5H10O5. The second-order valence-electron chi connectivity index (χ2n) is 1.87. The molecule has 0 amide bonds. The van der Waals surface area contributed by atoms with Crippen LogP contribution in [0.3, 0.4) is 0 Å². The van der Waals surface area contributed by atoms with Crippen molar-refractivity contribution in [1.82, 2.24) is 0 Å². The fraction of sp³-hybridized carbons (Fsp3) is 0.800. The average Bonchev–Trinajstić information content (AvgIpc) is 2.00. The highest BCUT2D eigenvalue weighted by Crippen LogP contribution is 1.96. The average molecular weight is 151 g/mol. The highest BCUT2D eigenvalue weighted by atomic mass is 16.4. The van der Waals surface area contributed by atoms with Crippen LogP contribution in [-0.2, 0) is 4.79 Å². The fourth-order valence-corrected chi connectivity index (χ4v) is 0.416. The van der Waals surface area contributed by atoms with E-state index in [9.17, 15) is 4.79 Å². The zero-order chi connectivity index (χ0) is 8.15. The molecule has 0 heterocycles. The normalized spacial score (nSPS) is 19.6. The first-order chi connectivity index (χ1) is 4.63. The van der Waals surface area contributed by atoms with Gasteiger partial charge in [0.2, 0.25) is 0 Å². The number of rotatable bonds is 4. The van der Waals surface area contributed by atoms with Gasteiger partial charge in [-0.25, -0.2) is 0 Å². The van der Waals surface area contributed by atoms with Crippen LogP contribution >= 0.6 is 0 Å². The van der Waals surface area contributed by atoms with E-state index in [0.29, 0.717) is 0 Å². The third-order valence-electron chi connectivity index (χ3n) is 1.07. The monoisotopic (exact) mass is 151 g/mol. The first-order valence-corrected chi connectivity index (χ1v) is 2.73. The molecular weight excluding hydrogens is 141 g/mol. The van der Waals surface area contributed by atoms with Crippen LogP contribution < -0.4 is 0 Å². The van der Waals surface area contributed by atoms with Crippen LogP contribution in [-0.4, -0.2) is 51.6 Å². The van der Waals surface area contributed by atoms with Gasteiger partial charge in [-0.05, 0) is 0 Å². The van der Waals surface area contributed by atoms with E-state index in [1.54, 1.807) is 0 Å². The van der Waals surface area contributed by atoms with E-state index in [1.807, 2.05) is 0 Å². The lowest BCUT2D eigenvalue weighted by molar-refractivity contribution is -0.127. The number of aldehydes is 1. The molecule has 0 unspecified atom stereocenters. The lowest BCUT2D eigenvalue weighted by Gasteiger charge is -2.16. The zero-order valence-electron chi connectivity index (χ0n) is 5.21. The quantitative estimate of drug-likeness (QED) is 0.258. The third-order valence-corrected chi connectivity index (χ3v) is 1.07. The van der Waals surface area contributed by atoms with Crippen molar-refractivity contribution in [3.05, 3.63) is 0 Å². The predicted molar refractivity (Wildman–Crippen MR) is 31.2 cm³/mol. The van der Waals surface area contributed by atoms with Crippen molar-refractivity contribution in [1.29, 1.82) is 0 Å². The lowest BCUT2D eigenvalue weighted by atomic mass is 10.3. The molecule has 60 valence electrons. The summed E-state index contributed by atoms with van der Waals surface area (Å²) in [6.45, 7) is -0.688. The van der Waals surface area contributed by atoms with Crippen molar-refractivity contribution in [2.24, 2.45) is 0 Å². The fourth-order valence-electron chi connectivity index (χ4n) is 0.416. The van der Waals surface area contributed by atoms with Crippen LogP contribution in [0.5, 0.6) is 0 Å². The number of carbonyl (C=O) groups excluding carboxylic acids is 1. The smallest absolute Gasteiger partial charge is 0.151 e. The van der Waals surface area contributed by atoms with E-state index >= 15 is 0 Å². The van der Waals surface area contributed by atoms with E-state index in [1.165, 1.54) is 0 Å². The topological polar surface area (TPSA) is 98.0 Å². The molecule has 0 aromatic heterocycles. The van der Waals surface area contributed by atoms with Crippen molar-refractivity contribution >= 4 is 6.29 Å². The Hall–Kier alpha value is -0.490. The number of hydrogen-bond acceptors (Lipinski definition) is 5. The van der Waals surface area contributed by atoms with Gasteiger partial charge < -0.3 is 25.2 Å². The summed E-state index contributed by atoms with van der Waals surface area (Å²) in [4.78, 5) is 9.76. The van der Waals surface area contributed by atoms with Gasteiger partial charge >= 0.3 is 0 Å². The molecule has 0 aliphatic carbocycles. The maximum Gasteiger partial charge on any atom is 0.151 e. The van der Waals surface area contributed by atoms with Gasteiger partial charge in [0.05, 0.1) is 6.61 Å². The molecule has 0 aliphatic heterocycles.